The van der Waals surface area contributed by atoms with Crippen LogP contribution in [0.15, 0.2) is 18.2 Å². The summed E-state index contributed by atoms with van der Waals surface area (Å²) >= 11 is 0. The third-order valence-corrected chi connectivity index (χ3v) is 1.94. The number of carbonyl (C=O) groups is 1. The minimum Gasteiger partial charge on any atom is -0.508 e. The SMILES string of the molecule is CCCc1cc(O)cc(C(=O)OC)c1. The predicted molar refractivity (Wildman–Crippen MR) is 53.4 cm³/mol. The lowest BCUT2D eigenvalue weighted by atomic mass is 10.1. The standard InChI is InChI=1S/C11H14O3/c1-3-4-8-5-9(11(13)14-2)7-10(12)6-8/h5-7,12H,3-4H2,1-2H3. The van der Waals surface area contributed by atoms with Gasteiger partial charge in [-0.15, -0.1) is 0 Å². The number of rotatable bonds is 3. The first kappa shape index (κ1) is 10.6. The van der Waals surface area contributed by atoms with E-state index in [1.165, 1.54) is 13.2 Å². The molecule has 0 saturated heterocycles. The molecule has 0 atom stereocenters. The van der Waals surface area contributed by atoms with Crippen LogP contribution in [0.1, 0.15) is 29.3 Å². The predicted octanol–water partition coefficient (Wildman–Crippen LogP) is 2.13. The lowest BCUT2D eigenvalue weighted by Gasteiger charge is -2.04. The molecule has 1 N–H and O–H groups in total. The van der Waals surface area contributed by atoms with Crippen LogP contribution in [-0.2, 0) is 11.2 Å². The van der Waals surface area contributed by atoms with Gasteiger partial charge < -0.3 is 9.84 Å². The molecule has 0 aromatic heterocycles. The molecular formula is C11H14O3. The Morgan fingerprint density at radius 2 is 2.14 bits per heavy atom. The summed E-state index contributed by atoms with van der Waals surface area (Å²) in [6, 6.07) is 4.82. The lowest BCUT2D eigenvalue weighted by molar-refractivity contribution is 0.0600. The van der Waals surface area contributed by atoms with Crippen molar-refractivity contribution in [2.45, 2.75) is 19.8 Å². The van der Waals surface area contributed by atoms with E-state index in [1.807, 2.05) is 6.92 Å². The molecule has 0 bridgehead atoms. The molecule has 1 aromatic carbocycles. The van der Waals surface area contributed by atoms with Gasteiger partial charge in [0.25, 0.3) is 0 Å². The molecule has 0 unspecified atom stereocenters. The molecule has 3 nitrogen and oxygen atoms in total. The second kappa shape index (κ2) is 4.65. The second-order valence-corrected chi connectivity index (χ2v) is 3.13. The normalized spacial score (nSPS) is 9.86. The summed E-state index contributed by atoms with van der Waals surface area (Å²) in [5.74, 6) is -0.311. The van der Waals surface area contributed by atoms with Crippen molar-refractivity contribution in [3.63, 3.8) is 0 Å². The first-order valence-electron chi connectivity index (χ1n) is 4.58. The summed E-state index contributed by atoms with van der Waals surface area (Å²) in [4.78, 5) is 11.2. The third kappa shape index (κ3) is 2.49. The van der Waals surface area contributed by atoms with E-state index < -0.39 is 5.97 Å². The first-order valence-corrected chi connectivity index (χ1v) is 4.58. The molecular weight excluding hydrogens is 180 g/mol. The van der Waals surface area contributed by atoms with E-state index in [1.54, 1.807) is 12.1 Å². The molecule has 1 aromatic rings. The van der Waals surface area contributed by atoms with Crippen molar-refractivity contribution in [2.24, 2.45) is 0 Å². The second-order valence-electron chi connectivity index (χ2n) is 3.13. The van der Waals surface area contributed by atoms with E-state index in [9.17, 15) is 9.90 Å². The maximum absolute atomic E-state index is 11.2. The Morgan fingerprint density at radius 1 is 1.43 bits per heavy atom. The van der Waals surface area contributed by atoms with Crippen molar-refractivity contribution >= 4 is 5.97 Å². The Kier molecular flexibility index (Phi) is 3.51. The number of carbonyl (C=O) groups excluding carboxylic acids is 1. The quantitative estimate of drug-likeness (QED) is 0.750. The molecule has 0 heterocycles. The monoisotopic (exact) mass is 194 g/mol. The molecule has 0 fully saturated rings. The number of phenols is 1. The summed E-state index contributed by atoms with van der Waals surface area (Å²) in [6.45, 7) is 2.04. The molecule has 0 aliphatic heterocycles. The van der Waals surface area contributed by atoms with Crippen LogP contribution in [0.2, 0.25) is 0 Å². The fourth-order valence-electron chi connectivity index (χ4n) is 1.34. The number of ether oxygens (including phenoxy) is 1. The highest BCUT2D eigenvalue weighted by atomic mass is 16.5. The number of methoxy groups -OCH3 is 1. The average Bonchev–Trinajstić information content (AvgIpc) is 2.16. The van der Waals surface area contributed by atoms with Gasteiger partial charge >= 0.3 is 5.97 Å². The zero-order valence-corrected chi connectivity index (χ0v) is 8.41. The number of benzene rings is 1. The van der Waals surface area contributed by atoms with Gasteiger partial charge in [0.1, 0.15) is 5.75 Å². The smallest absolute Gasteiger partial charge is 0.337 e. The minimum atomic E-state index is -0.418. The van der Waals surface area contributed by atoms with E-state index in [-0.39, 0.29) is 5.75 Å². The molecule has 0 spiro atoms. The maximum Gasteiger partial charge on any atom is 0.337 e. The maximum atomic E-state index is 11.2. The van der Waals surface area contributed by atoms with E-state index in [0.717, 1.165) is 18.4 Å². The van der Waals surface area contributed by atoms with Crippen LogP contribution in [0, 0.1) is 0 Å². The average molecular weight is 194 g/mol. The van der Waals surface area contributed by atoms with Crippen LogP contribution in [0.4, 0.5) is 0 Å². The molecule has 1 rings (SSSR count). The molecule has 0 radical (unpaired) electrons. The molecule has 0 amide bonds. The molecule has 0 aliphatic carbocycles. The van der Waals surface area contributed by atoms with Crippen molar-refractivity contribution in [3.05, 3.63) is 29.3 Å². The Bertz CT molecular complexity index is 331. The fraction of sp³-hybridized carbons (Fsp3) is 0.364. The van der Waals surface area contributed by atoms with Crippen molar-refractivity contribution < 1.29 is 14.6 Å². The molecule has 0 aliphatic rings. The topological polar surface area (TPSA) is 46.5 Å². The number of esters is 1. The highest BCUT2D eigenvalue weighted by molar-refractivity contribution is 5.90. The van der Waals surface area contributed by atoms with Gasteiger partial charge in [-0.05, 0) is 30.2 Å². The van der Waals surface area contributed by atoms with Crippen LogP contribution >= 0.6 is 0 Å². The minimum absolute atomic E-state index is 0.108. The zero-order valence-electron chi connectivity index (χ0n) is 8.41. The van der Waals surface area contributed by atoms with E-state index in [2.05, 4.69) is 4.74 Å². The van der Waals surface area contributed by atoms with Crippen LogP contribution < -0.4 is 0 Å². The highest BCUT2D eigenvalue weighted by Gasteiger charge is 2.07. The Hall–Kier alpha value is -1.51. The molecule has 76 valence electrons. The van der Waals surface area contributed by atoms with Gasteiger partial charge in [-0.3, -0.25) is 0 Å². The summed E-state index contributed by atoms with van der Waals surface area (Å²) in [5, 5.41) is 9.36. The lowest BCUT2D eigenvalue weighted by Crippen LogP contribution is -2.01. The summed E-state index contributed by atoms with van der Waals surface area (Å²) in [5.41, 5.74) is 1.35. The van der Waals surface area contributed by atoms with Gasteiger partial charge in [-0.2, -0.15) is 0 Å². The third-order valence-electron chi connectivity index (χ3n) is 1.94. The number of aromatic hydroxyl groups is 1. The van der Waals surface area contributed by atoms with Crippen LogP contribution in [0.3, 0.4) is 0 Å². The van der Waals surface area contributed by atoms with Crippen LogP contribution in [0.5, 0.6) is 5.75 Å². The summed E-state index contributed by atoms with van der Waals surface area (Å²) in [7, 11) is 1.33. The Balaban J connectivity index is 3.00. The summed E-state index contributed by atoms with van der Waals surface area (Å²) in [6.07, 6.45) is 1.82. The molecule has 3 heteroatoms. The van der Waals surface area contributed by atoms with E-state index >= 15 is 0 Å². The molecule has 0 saturated carbocycles. The van der Waals surface area contributed by atoms with Gasteiger partial charge in [-0.1, -0.05) is 13.3 Å². The van der Waals surface area contributed by atoms with Crippen molar-refractivity contribution in [1.82, 2.24) is 0 Å². The zero-order chi connectivity index (χ0) is 10.6. The number of hydrogen-bond donors (Lipinski definition) is 1. The van der Waals surface area contributed by atoms with E-state index in [4.69, 9.17) is 0 Å². The largest absolute Gasteiger partial charge is 0.508 e. The fourth-order valence-corrected chi connectivity index (χ4v) is 1.34. The number of hydrogen-bond acceptors (Lipinski definition) is 3. The summed E-state index contributed by atoms with van der Waals surface area (Å²) < 4.78 is 4.57. The first-order chi connectivity index (χ1) is 6.67. The highest BCUT2D eigenvalue weighted by Crippen LogP contribution is 2.17. The Labute approximate surface area is 83.3 Å². The van der Waals surface area contributed by atoms with Crippen LogP contribution in [-0.4, -0.2) is 18.2 Å². The molecule has 14 heavy (non-hydrogen) atoms. The van der Waals surface area contributed by atoms with E-state index in [0.29, 0.717) is 5.56 Å². The van der Waals surface area contributed by atoms with Crippen molar-refractivity contribution in [3.8, 4) is 5.75 Å². The van der Waals surface area contributed by atoms with Crippen molar-refractivity contribution in [2.75, 3.05) is 7.11 Å². The van der Waals surface area contributed by atoms with Gasteiger partial charge in [0.15, 0.2) is 0 Å². The van der Waals surface area contributed by atoms with Gasteiger partial charge in [0.05, 0.1) is 12.7 Å². The van der Waals surface area contributed by atoms with Gasteiger partial charge in [0.2, 0.25) is 0 Å². The van der Waals surface area contributed by atoms with Crippen molar-refractivity contribution in [1.29, 1.82) is 0 Å². The van der Waals surface area contributed by atoms with Gasteiger partial charge in [0, 0.05) is 0 Å². The Morgan fingerprint density at radius 3 is 2.71 bits per heavy atom. The van der Waals surface area contributed by atoms with Crippen LogP contribution in [0.25, 0.3) is 0 Å². The van der Waals surface area contributed by atoms with Gasteiger partial charge in [-0.25, -0.2) is 4.79 Å². The number of phenolic OH excluding ortho intramolecular Hbond substituents is 1. The number of aryl methyl sites for hydroxylation is 1.